The van der Waals surface area contributed by atoms with E-state index < -0.39 is 11.7 Å². The second-order valence-electron chi connectivity index (χ2n) is 5.27. The van der Waals surface area contributed by atoms with Crippen molar-refractivity contribution >= 4 is 34.7 Å². The van der Waals surface area contributed by atoms with Gasteiger partial charge in [0.05, 0.1) is 10.7 Å². The predicted molar refractivity (Wildman–Crippen MR) is 97.4 cm³/mol. The SMILES string of the molecule is Nc1ncccc1NCc1cc(NC(=O)c2ncc(Cl)cn2)ccc1F. The monoisotopic (exact) mass is 372 g/mol. The molecule has 0 unspecified atom stereocenters. The van der Waals surface area contributed by atoms with Gasteiger partial charge >= 0.3 is 0 Å². The molecule has 0 aliphatic heterocycles. The quantitative estimate of drug-likeness (QED) is 0.635. The fraction of sp³-hybridized carbons (Fsp3) is 0.0588. The van der Waals surface area contributed by atoms with Crippen molar-refractivity contribution in [2.45, 2.75) is 6.54 Å². The maximum absolute atomic E-state index is 14.0. The summed E-state index contributed by atoms with van der Waals surface area (Å²) in [7, 11) is 0. The molecule has 0 bridgehead atoms. The third-order valence-corrected chi connectivity index (χ3v) is 3.63. The van der Waals surface area contributed by atoms with Gasteiger partial charge in [0.1, 0.15) is 11.6 Å². The number of benzene rings is 1. The molecule has 2 heterocycles. The Hall–Kier alpha value is -3.26. The van der Waals surface area contributed by atoms with E-state index in [1.165, 1.54) is 30.6 Å². The highest BCUT2D eigenvalue weighted by molar-refractivity contribution is 6.30. The lowest BCUT2D eigenvalue weighted by Crippen LogP contribution is -2.15. The van der Waals surface area contributed by atoms with Crippen molar-refractivity contribution < 1.29 is 9.18 Å². The van der Waals surface area contributed by atoms with E-state index in [4.69, 9.17) is 17.3 Å². The molecule has 7 nitrogen and oxygen atoms in total. The van der Waals surface area contributed by atoms with Gasteiger partial charge in [-0.25, -0.2) is 19.3 Å². The van der Waals surface area contributed by atoms with Crippen molar-refractivity contribution in [3.05, 3.63) is 71.2 Å². The Kier molecular flexibility index (Phi) is 5.23. The summed E-state index contributed by atoms with van der Waals surface area (Å²) in [6.07, 6.45) is 4.21. The summed E-state index contributed by atoms with van der Waals surface area (Å²) < 4.78 is 14.0. The topological polar surface area (TPSA) is 106 Å². The number of nitrogens with zero attached hydrogens (tertiary/aromatic N) is 3. The van der Waals surface area contributed by atoms with E-state index in [0.29, 0.717) is 27.8 Å². The first-order valence-corrected chi connectivity index (χ1v) is 7.92. The maximum atomic E-state index is 14.0. The van der Waals surface area contributed by atoms with Crippen LogP contribution < -0.4 is 16.4 Å². The number of anilines is 3. The number of carbonyl (C=O) groups excluding carboxylic acids is 1. The zero-order chi connectivity index (χ0) is 18.5. The smallest absolute Gasteiger partial charge is 0.293 e. The van der Waals surface area contributed by atoms with Crippen LogP contribution >= 0.6 is 11.6 Å². The Balaban J connectivity index is 1.72. The molecule has 0 radical (unpaired) electrons. The lowest BCUT2D eigenvalue weighted by Gasteiger charge is -2.11. The van der Waals surface area contributed by atoms with Crippen LogP contribution in [0, 0.1) is 5.82 Å². The molecular formula is C17H14ClFN6O. The first kappa shape index (κ1) is 17.6. The third kappa shape index (κ3) is 4.22. The van der Waals surface area contributed by atoms with Crippen LogP contribution in [0.3, 0.4) is 0 Å². The molecule has 26 heavy (non-hydrogen) atoms. The van der Waals surface area contributed by atoms with Gasteiger partial charge in [0, 0.05) is 36.4 Å². The minimum atomic E-state index is -0.524. The molecule has 0 atom stereocenters. The number of nitrogens with two attached hydrogens (primary N) is 1. The minimum Gasteiger partial charge on any atom is -0.382 e. The predicted octanol–water partition coefficient (Wildman–Crippen LogP) is 3.11. The Morgan fingerprint density at radius 2 is 1.96 bits per heavy atom. The molecule has 0 aliphatic rings. The lowest BCUT2D eigenvalue weighted by molar-refractivity contribution is 0.101. The highest BCUT2D eigenvalue weighted by Gasteiger charge is 2.11. The number of aromatic nitrogens is 3. The van der Waals surface area contributed by atoms with Gasteiger partial charge in [-0.15, -0.1) is 0 Å². The Labute approximate surface area is 153 Å². The Bertz CT molecular complexity index is 935. The number of hydrogen-bond donors (Lipinski definition) is 3. The Morgan fingerprint density at radius 1 is 1.19 bits per heavy atom. The van der Waals surface area contributed by atoms with Crippen molar-refractivity contribution in [1.29, 1.82) is 0 Å². The molecule has 0 saturated heterocycles. The first-order chi connectivity index (χ1) is 12.5. The number of nitrogen functional groups attached to an aromatic ring is 1. The van der Waals surface area contributed by atoms with E-state index in [2.05, 4.69) is 25.6 Å². The van der Waals surface area contributed by atoms with Crippen LogP contribution in [0.25, 0.3) is 0 Å². The molecule has 0 fully saturated rings. The summed E-state index contributed by atoms with van der Waals surface area (Å²) in [5.74, 6) is -0.664. The van der Waals surface area contributed by atoms with Gasteiger partial charge in [0.15, 0.2) is 0 Å². The number of pyridine rings is 1. The highest BCUT2D eigenvalue weighted by Crippen LogP contribution is 2.19. The van der Waals surface area contributed by atoms with E-state index in [0.717, 1.165) is 0 Å². The van der Waals surface area contributed by atoms with Crippen LogP contribution in [-0.2, 0) is 6.54 Å². The van der Waals surface area contributed by atoms with Gasteiger partial charge in [-0.2, -0.15) is 0 Å². The number of carbonyl (C=O) groups is 1. The van der Waals surface area contributed by atoms with Gasteiger partial charge in [-0.05, 0) is 30.3 Å². The van der Waals surface area contributed by atoms with Gasteiger partial charge in [0.2, 0.25) is 5.82 Å². The fourth-order valence-electron chi connectivity index (χ4n) is 2.16. The van der Waals surface area contributed by atoms with Crippen LogP contribution in [0.2, 0.25) is 5.02 Å². The molecular weight excluding hydrogens is 359 g/mol. The second-order valence-corrected chi connectivity index (χ2v) is 5.71. The summed E-state index contributed by atoms with van der Waals surface area (Å²) in [5, 5.41) is 5.95. The lowest BCUT2D eigenvalue weighted by atomic mass is 10.1. The second kappa shape index (κ2) is 7.75. The first-order valence-electron chi connectivity index (χ1n) is 7.54. The molecule has 3 rings (SSSR count). The van der Waals surface area contributed by atoms with Crippen molar-refractivity contribution in [3.63, 3.8) is 0 Å². The number of amides is 1. The molecule has 4 N–H and O–H groups in total. The number of hydrogen-bond acceptors (Lipinski definition) is 6. The largest absolute Gasteiger partial charge is 0.382 e. The summed E-state index contributed by atoms with van der Waals surface area (Å²) in [6.45, 7) is 0.170. The summed E-state index contributed by atoms with van der Waals surface area (Å²) in [6, 6.07) is 7.69. The van der Waals surface area contributed by atoms with Gasteiger partial charge in [0.25, 0.3) is 5.91 Å². The molecule has 2 aromatic heterocycles. The average Bonchev–Trinajstić information content (AvgIpc) is 2.64. The van der Waals surface area contributed by atoms with Crippen LogP contribution in [0.4, 0.5) is 21.6 Å². The summed E-state index contributed by atoms with van der Waals surface area (Å²) >= 11 is 5.69. The van der Waals surface area contributed by atoms with Crippen molar-refractivity contribution in [2.24, 2.45) is 0 Å². The van der Waals surface area contributed by atoms with Crippen LogP contribution in [-0.4, -0.2) is 20.9 Å². The van der Waals surface area contributed by atoms with E-state index in [-0.39, 0.29) is 12.4 Å². The average molecular weight is 373 g/mol. The van der Waals surface area contributed by atoms with E-state index in [1.807, 2.05) is 0 Å². The van der Waals surface area contributed by atoms with Crippen LogP contribution in [0.5, 0.6) is 0 Å². The molecule has 0 spiro atoms. The zero-order valence-corrected chi connectivity index (χ0v) is 14.2. The molecule has 1 amide bonds. The molecule has 0 aliphatic carbocycles. The van der Waals surface area contributed by atoms with Gasteiger partial charge in [-0.1, -0.05) is 11.6 Å². The molecule has 132 valence electrons. The van der Waals surface area contributed by atoms with Crippen molar-refractivity contribution in [2.75, 3.05) is 16.4 Å². The van der Waals surface area contributed by atoms with Crippen LogP contribution in [0.1, 0.15) is 16.2 Å². The number of nitrogens with one attached hydrogen (secondary N) is 2. The normalized spacial score (nSPS) is 10.4. The van der Waals surface area contributed by atoms with Gasteiger partial charge in [-0.3, -0.25) is 4.79 Å². The number of halogens is 2. The standard InChI is InChI=1S/C17H14ClFN6O/c18-11-8-23-16(24-9-11)17(26)25-12-3-4-13(19)10(6-12)7-22-14-2-1-5-21-15(14)20/h1-6,8-9,22H,7H2,(H2,20,21)(H,25,26). The molecule has 9 heteroatoms. The zero-order valence-electron chi connectivity index (χ0n) is 13.4. The third-order valence-electron chi connectivity index (χ3n) is 3.43. The Morgan fingerprint density at radius 3 is 2.69 bits per heavy atom. The van der Waals surface area contributed by atoms with E-state index >= 15 is 0 Å². The molecule has 3 aromatic rings. The van der Waals surface area contributed by atoms with E-state index in [9.17, 15) is 9.18 Å². The molecule has 0 saturated carbocycles. The highest BCUT2D eigenvalue weighted by atomic mass is 35.5. The van der Waals surface area contributed by atoms with Crippen LogP contribution in [0.15, 0.2) is 48.9 Å². The maximum Gasteiger partial charge on any atom is 0.293 e. The van der Waals surface area contributed by atoms with Crippen molar-refractivity contribution in [3.8, 4) is 0 Å². The summed E-state index contributed by atoms with van der Waals surface area (Å²) in [5.41, 5.74) is 7.10. The van der Waals surface area contributed by atoms with E-state index in [1.54, 1.807) is 18.3 Å². The van der Waals surface area contributed by atoms with Crippen molar-refractivity contribution in [1.82, 2.24) is 15.0 Å². The van der Waals surface area contributed by atoms with Gasteiger partial charge < -0.3 is 16.4 Å². The minimum absolute atomic E-state index is 0.0402. The summed E-state index contributed by atoms with van der Waals surface area (Å²) in [4.78, 5) is 23.8. The number of rotatable bonds is 5. The fourth-order valence-corrected chi connectivity index (χ4v) is 2.26. The molecule has 1 aromatic carbocycles.